The summed E-state index contributed by atoms with van der Waals surface area (Å²) in [5.74, 6) is 0. The quantitative estimate of drug-likeness (QED) is 0.151. The Hall–Kier alpha value is -7.48. The maximum atomic E-state index is 2.37. The van der Waals surface area contributed by atoms with Crippen LogP contribution in [0.5, 0.6) is 0 Å². The molecule has 0 atom stereocenters. The van der Waals surface area contributed by atoms with Crippen LogP contribution in [-0.2, 0) is 0 Å². The zero-order valence-corrected chi connectivity index (χ0v) is 31.5. The first-order chi connectivity index (χ1) is 28.3. The zero-order valence-electron chi connectivity index (χ0n) is 31.5. The molecule has 1 nitrogen and oxygen atoms in total. The molecule has 0 unspecified atom stereocenters. The summed E-state index contributed by atoms with van der Waals surface area (Å²) in [7, 11) is 0. The van der Waals surface area contributed by atoms with Crippen molar-refractivity contribution in [3.63, 3.8) is 0 Å². The number of nitrogens with zero attached hydrogens (tertiary/aromatic N) is 1. The first kappa shape index (κ1) is 34.0. The van der Waals surface area contributed by atoms with Gasteiger partial charge in [0.15, 0.2) is 0 Å². The molecule has 0 heterocycles. The van der Waals surface area contributed by atoms with Gasteiger partial charge in [-0.15, -0.1) is 0 Å². The van der Waals surface area contributed by atoms with E-state index < -0.39 is 0 Å². The molecule has 0 radical (unpaired) electrons. The predicted molar refractivity (Wildman–Crippen MR) is 243 cm³/mol. The van der Waals surface area contributed by atoms with Gasteiger partial charge in [0.25, 0.3) is 0 Å². The van der Waals surface area contributed by atoms with Crippen LogP contribution in [0, 0.1) is 0 Å². The van der Waals surface area contributed by atoms with Gasteiger partial charge in [-0.3, -0.25) is 0 Å². The summed E-state index contributed by atoms with van der Waals surface area (Å²) < 4.78 is 0. The number of fused-ring (bicyclic) bond motifs is 2. The average Bonchev–Trinajstić information content (AvgIpc) is 3.30. The molecule has 10 aromatic rings. The van der Waals surface area contributed by atoms with Crippen molar-refractivity contribution in [2.45, 2.75) is 0 Å². The molecule has 1 heteroatoms. The SMILES string of the molecule is c1ccc(-c2c(-c3ccccc3)c(-c3ccccc3)c3c(-c4ccc(N(c5ccccc5)c5ccccc5)c5ccccc45)cccc3c2-c2ccccc2)cc1. The first-order valence-corrected chi connectivity index (χ1v) is 19.6. The van der Waals surface area contributed by atoms with E-state index in [0.29, 0.717) is 0 Å². The third-order valence-corrected chi connectivity index (χ3v) is 11.0. The van der Waals surface area contributed by atoms with E-state index in [2.05, 4.69) is 241 Å². The van der Waals surface area contributed by atoms with Crippen molar-refractivity contribution in [3.05, 3.63) is 237 Å². The van der Waals surface area contributed by atoms with Gasteiger partial charge in [-0.2, -0.15) is 0 Å². The Bertz CT molecular complexity index is 2920. The lowest BCUT2D eigenvalue weighted by molar-refractivity contribution is 1.30. The lowest BCUT2D eigenvalue weighted by Crippen LogP contribution is -2.10. The van der Waals surface area contributed by atoms with Crippen LogP contribution >= 0.6 is 0 Å². The summed E-state index contributed by atoms with van der Waals surface area (Å²) in [6, 6.07) is 85.7. The standard InChI is InChI=1S/C56H39N/c1-7-22-40(23-8-1)52-50-37-21-36-49(47-38-39-51(48-35-20-19-34-46(47)48)57(44-30-15-5-16-31-44)45-32-17-6-18-33-45)56(50)55(43-28-13-4-14-29-43)54(42-26-11-3-12-27-42)53(52)41-24-9-2-10-25-41/h1-39H. The number of para-hydroxylation sites is 2. The third kappa shape index (κ3) is 6.16. The zero-order chi connectivity index (χ0) is 38.0. The van der Waals surface area contributed by atoms with E-state index in [4.69, 9.17) is 0 Å². The van der Waals surface area contributed by atoms with Gasteiger partial charge in [-0.05, 0) is 102 Å². The van der Waals surface area contributed by atoms with Gasteiger partial charge in [-0.1, -0.05) is 206 Å². The van der Waals surface area contributed by atoms with E-state index in [9.17, 15) is 0 Å². The van der Waals surface area contributed by atoms with Crippen molar-refractivity contribution in [1.29, 1.82) is 0 Å². The minimum atomic E-state index is 1.12. The van der Waals surface area contributed by atoms with Gasteiger partial charge in [0.05, 0.1) is 5.69 Å². The van der Waals surface area contributed by atoms with E-state index >= 15 is 0 Å². The summed E-state index contributed by atoms with van der Waals surface area (Å²) in [6.45, 7) is 0. The fourth-order valence-electron chi connectivity index (χ4n) is 8.64. The maximum absolute atomic E-state index is 2.37. The molecule has 0 aliphatic carbocycles. The summed E-state index contributed by atoms with van der Waals surface area (Å²) in [6.07, 6.45) is 0. The topological polar surface area (TPSA) is 3.24 Å². The Labute approximate surface area is 334 Å². The molecule has 0 aliphatic rings. The third-order valence-electron chi connectivity index (χ3n) is 11.0. The van der Waals surface area contributed by atoms with Gasteiger partial charge in [0, 0.05) is 16.8 Å². The molecule has 0 saturated heterocycles. The number of hydrogen-bond donors (Lipinski definition) is 0. The Morgan fingerprint density at radius 3 is 1.12 bits per heavy atom. The molecule has 0 N–H and O–H groups in total. The van der Waals surface area contributed by atoms with Crippen LogP contribution in [0.2, 0.25) is 0 Å². The van der Waals surface area contributed by atoms with Gasteiger partial charge in [0.1, 0.15) is 0 Å². The second-order valence-electron chi connectivity index (χ2n) is 14.4. The van der Waals surface area contributed by atoms with Gasteiger partial charge in [-0.25, -0.2) is 0 Å². The Morgan fingerprint density at radius 1 is 0.228 bits per heavy atom. The molecule has 0 bridgehead atoms. The fraction of sp³-hybridized carbons (Fsp3) is 0. The van der Waals surface area contributed by atoms with Crippen molar-refractivity contribution >= 4 is 38.6 Å². The molecule has 10 aromatic carbocycles. The molecule has 57 heavy (non-hydrogen) atoms. The second-order valence-corrected chi connectivity index (χ2v) is 14.4. The van der Waals surface area contributed by atoms with Crippen LogP contribution < -0.4 is 4.90 Å². The lowest BCUT2D eigenvalue weighted by Gasteiger charge is -2.28. The number of hydrogen-bond acceptors (Lipinski definition) is 1. The molecule has 0 spiro atoms. The van der Waals surface area contributed by atoms with E-state index in [0.717, 1.165) is 17.1 Å². The first-order valence-electron chi connectivity index (χ1n) is 19.6. The summed E-state index contributed by atoms with van der Waals surface area (Å²) in [5, 5.41) is 4.85. The molecular formula is C56H39N. The minimum absolute atomic E-state index is 1.12. The van der Waals surface area contributed by atoms with Crippen LogP contribution in [0.1, 0.15) is 0 Å². The summed E-state index contributed by atoms with van der Waals surface area (Å²) in [4.78, 5) is 2.37. The van der Waals surface area contributed by atoms with Crippen LogP contribution in [0.15, 0.2) is 237 Å². The summed E-state index contributed by atoms with van der Waals surface area (Å²) >= 11 is 0. The summed E-state index contributed by atoms with van der Waals surface area (Å²) in [5.41, 5.74) is 15.5. The lowest BCUT2D eigenvalue weighted by atomic mass is 9.77. The minimum Gasteiger partial charge on any atom is -0.310 e. The largest absolute Gasteiger partial charge is 0.310 e. The van der Waals surface area contributed by atoms with Crippen LogP contribution in [0.4, 0.5) is 17.1 Å². The van der Waals surface area contributed by atoms with Crippen LogP contribution in [0.3, 0.4) is 0 Å². The molecule has 0 aromatic heterocycles. The molecule has 0 amide bonds. The predicted octanol–water partition coefficient (Wildman–Crippen LogP) is 15.8. The van der Waals surface area contributed by atoms with Gasteiger partial charge >= 0.3 is 0 Å². The van der Waals surface area contributed by atoms with Crippen molar-refractivity contribution in [1.82, 2.24) is 0 Å². The normalized spacial score (nSPS) is 11.2. The average molecular weight is 726 g/mol. The number of rotatable bonds is 8. The Morgan fingerprint density at radius 2 is 0.614 bits per heavy atom. The van der Waals surface area contributed by atoms with Crippen LogP contribution in [0.25, 0.3) is 77.2 Å². The van der Waals surface area contributed by atoms with Crippen molar-refractivity contribution in [3.8, 4) is 55.6 Å². The second kappa shape index (κ2) is 15.0. The number of benzene rings is 10. The van der Waals surface area contributed by atoms with Crippen LogP contribution in [-0.4, -0.2) is 0 Å². The highest BCUT2D eigenvalue weighted by Gasteiger charge is 2.26. The molecule has 0 aliphatic heterocycles. The maximum Gasteiger partial charge on any atom is 0.0540 e. The molecule has 0 fully saturated rings. The molecular weight excluding hydrogens is 687 g/mol. The van der Waals surface area contributed by atoms with Gasteiger partial charge in [0.2, 0.25) is 0 Å². The molecule has 268 valence electrons. The van der Waals surface area contributed by atoms with Gasteiger partial charge < -0.3 is 4.90 Å². The van der Waals surface area contributed by atoms with Crippen molar-refractivity contribution in [2.75, 3.05) is 4.90 Å². The Balaban J connectivity index is 1.36. The highest BCUT2D eigenvalue weighted by Crippen LogP contribution is 2.53. The van der Waals surface area contributed by atoms with E-state index in [1.54, 1.807) is 0 Å². The number of anilines is 3. The van der Waals surface area contributed by atoms with E-state index in [-0.39, 0.29) is 0 Å². The smallest absolute Gasteiger partial charge is 0.0540 e. The highest BCUT2D eigenvalue weighted by atomic mass is 15.1. The van der Waals surface area contributed by atoms with Crippen molar-refractivity contribution < 1.29 is 0 Å². The monoisotopic (exact) mass is 725 g/mol. The van der Waals surface area contributed by atoms with E-state index in [1.165, 1.54) is 77.2 Å². The van der Waals surface area contributed by atoms with Crippen molar-refractivity contribution in [2.24, 2.45) is 0 Å². The fourth-order valence-corrected chi connectivity index (χ4v) is 8.64. The Kier molecular flexibility index (Phi) is 8.95. The highest BCUT2D eigenvalue weighted by molar-refractivity contribution is 6.23. The van der Waals surface area contributed by atoms with E-state index in [1.807, 2.05) is 0 Å². The molecule has 0 saturated carbocycles. The molecule has 10 rings (SSSR count).